The molecule has 0 heterocycles. The van der Waals surface area contributed by atoms with Gasteiger partial charge >= 0.3 is 0 Å². The van der Waals surface area contributed by atoms with Crippen LogP contribution in [0.5, 0.6) is 0 Å². The first-order valence-electron chi connectivity index (χ1n) is 4.37. The SMILES string of the molecule is CC=C(C#CCCC)C(C)C. The van der Waals surface area contributed by atoms with E-state index < -0.39 is 0 Å². The van der Waals surface area contributed by atoms with Crippen molar-refractivity contribution >= 4 is 0 Å². The number of hydrogen-bond acceptors (Lipinski definition) is 0. The Bertz CT molecular complexity index is 174. The molecule has 0 aliphatic heterocycles. The lowest BCUT2D eigenvalue weighted by Crippen LogP contribution is -1.89. The van der Waals surface area contributed by atoms with E-state index in [4.69, 9.17) is 0 Å². The Morgan fingerprint density at radius 2 is 2.09 bits per heavy atom. The van der Waals surface area contributed by atoms with Gasteiger partial charge in [0.15, 0.2) is 0 Å². The number of rotatable bonds is 2. The van der Waals surface area contributed by atoms with Crippen LogP contribution in [0.1, 0.15) is 40.5 Å². The average Bonchev–Trinajstić information content (AvgIpc) is 1.97. The molecule has 0 spiro atoms. The second kappa shape index (κ2) is 6.04. The Balaban J connectivity index is 4.02. The molecule has 0 bridgehead atoms. The molecule has 0 aromatic rings. The standard InChI is InChI=1S/C11H18/c1-5-7-8-9-11(6-2)10(3)4/h6,10H,5,7H2,1-4H3. The van der Waals surface area contributed by atoms with Crippen molar-refractivity contribution < 1.29 is 0 Å². The lowest BCUT2D eigenvalue weighted by molar-refractivity contribution is 0.796. The van der Waals surface area contributed by atoms with Gasteiger partial charge in [-0.15, -0.1) is 0 Å². The minimum atomic E-state index is 0.573. The topological polar surface area (TPSA) is 0 Å². The highest BCUT2D eigenvalue weighted by molar-refractivity contribution is 5.29. The van der Waals surface area contributed by atoms with Gasteiger partial charge < -0.3 is 0 Å². The molecule has 62 valence electrons. The monoisotopic (exact) mass is 150 g/mol. The second-order valence-corrected chi connectivity index (χ2v) is 2.95. The predicted molar refractivity (Wildman–Crippen MR) is 51.3 cm³/mol. The largest absolute Gasteiger partial charge is 0.0982 e. The highest BCUT2D eigenvalue weighted by atomic mass is 14.0. The van der Waals surface area contributed by atoms with Gasteiger partial charge in [-0.05, 0) is 19.3 Å². The third kappa shape index (κ3) is 4.67. The Morgan fingerprint density at radius 3 is 2.45 bits per heavy atom. The summed E-state index contributed by atoms with van der Waals surface area (Å²) in [5.74, 6) is 6.90. The average molecular weight is 150 g/mol. The molecule has 0 aliphatic carbocycles. The molecule has 0 fully saturated rings. The molecule has 0 amide bonds. The van der Waals surface area contributed by atoms with Crippen molar-refractivity contribution in [3.05, 3.63) is 11.6 Å². The van der Waals surface area contributed by atoms with E-state index in [-0.39, 0.29) is 0 Å². The molecule has 0 saturated heterocycles. The lowest BCUT2D eigenvalue weighted by atomic mass is 10.0. The Hall–Kier alpha value is -0.700. The Morgan fingerprint density at radius 1 is 1.45 bits per heavy atom. The van der Waals surface area contributed by atoms with Crippen LogP contribution in [-0.2, 0) is 0 Å². The molecule has 0 heteroatoms. The quantitative estimate of drug-likeness (QED) is 0.529. The summed E-state index contributed by atoms with van der Waals surface area (Å²) < 4.78 is 0. The van der Waals surface area contributed by atoms with Gasteiger partial charge in [-0.25, -0.2) is 0 Å². The van der Waals surface area contributed by atoms with Gasteiger partial charge in [0, 0.05) is 12.0 Å². The van der Waals surface area contributed by atoms with Crippen molar-refractivity contribution in [1.82, 2.24) is 0 Å². The Labute approximate surface area is 70.7 Å². The summed E-state index contributed by atoms with van der Waals surface area (Å²) in [5, 5.41) is 0. The van der Waals surface area contributed by atoms with E-state index in [2.05, 4.69) is 45.6 Å². The fourth-order valence-electron chi connectivity index (χ4n) is 0.839. The fraction of sp³-hybridized carbons (Fsp3) is 0.636. The van der Waals surface area contributed by atoms with E-state index in [1.807, 2.05) is 0 Å². The van der Waals surface area contributed by atoms with Crippen LogP contribution in [0.15, 0.2) is 11.6 Å². The van der Waals surface area contributed by atoms with Gasteiger partial charge in [-0.1, -0.05) is 38.7 Å². The molecule has 0 unspecified atom stereocenters. The third-order valence-electron chi connectivity index (χ3n) is 1.54. The minimum Gasteiger partial charge on any atom is -0.0982 e. The molecule has 0 aromatic carbocycles. The summed E-state index contributed by atoms with van der Waals surface area (Å²) in [5.41, 5.74) is 1.26. The number of allylic oxidation sites excluding steroid dienone is 2. The molecule has 0 aromatic heterocycles. The zero-order valence-corrected chi connectivity index (χ0v) is 8.07. The van der Waals surface area contributed by atoms with Gasteiger partial charge in [0.25, 0.3) is 0 Å². The van der Waals surface area contributed by atoms with Gasteiger partial charge in [0.05, 0.1) is 0 Å². The molecular formula is C11H18. The van der Waals surface area contributed by atoms with Gasteiger partial charge in [-0.2, -0.15) is 0 Å². The molecule has 0 saturated carbocycles. The first-order chi connectivity index (χ1) is 5.22. The zero-order chi connectivity index (χ0) is 8.69. The van der Waals surface area contributed by atoms with E-state index >= 15 is 0 Å². The third-order valence-corrected chi connectivity index (χ3v) is 1.54. The van der Waals surface area contributed by atoms with Gasteiger partial charge in [-0.3, -0.25) is 0 Å². The molecule has 0 aliphatic rings. The van der Waals surface area contributed by atoms with Crippen LogP contribution >= 0.6 is 0 Å². The number of hydrogen-bond donors (Lipinski definition) is 0. The minimum absolute atomic E-state index is 0.573. The van der Waals surface area contributed by atoms with E-state index in [1.165, 1.54) is 5.57 Å². The maximum Gasteiger partial charge on any atom is 0.00897 e. The number of unbranched alkanes of at least 4 members (excludes halogenated alkanes) is 1. The zero-order valence-electron chi connectivity index (χ0n) is 8.07. The Kier molecular flexibility index (Phi) is 5.65. The van der Waals surface area contributed by atoms with Crippen LogP contribution in [0.4, 0.5) is 0 Å². The van der Waals surface area contributed by atoms with Crippen LogP contribution < -0.4 is 0 Å². The molecule has 0 nitrogen and oxygen atoms in total. The van der Waals surface area contributed by atoms with Crippen molar-refractivity contribution in [1.29, 1.82) is 0 Å². The van der Waals surface area contributed by atoms with E-state index in [9.17, 15) is 0 Å². The maximum absolute atomic E-state index is 3.18. The summed E-state index contributed by atoms with van der Waals surface area (Å²) in [6, 6.07) is 0. The lowest BCUT2D eigenvalue weighted by Gasteiger charge is -2.00. The summed E-state index contributed by atoms with van der Waals surface area (Å²) >= 11 is 0. The van der Waals surface area contributed by atoms with Gasteiger partial charge in [0.1, 0.15) is 0 Å². The summed E-state index contributed by atoms with van der Waals surface area (Å²) in [4.78, 5) is 0. The van der Waals surface area contributed by atoms with Crippen molar-refractivity contribution in [2.75, 3.05) is 0 Å². The van der Waals surface area contributed by atoms with Crippen molar-refractivity contribution in [3.63, 3.8) is 0 Å². The highest BCUT2D eigenvalue weighted by Gasteiger charge is 1.95. The fourth-order valence-corrected chi connectivity index (χ4v) is 0.839. The molecule has 0 rings (SSSR count). The summed E-state index contributed by atoms with van der Waals surface area (Å²) in [7, 11) is 0. The second-order valence-electron chi connectivity index (χ2n) is 2.95. The van der Waals surface area contributed by atoms with Crippen molar-refractivity contribution in [2.45, 2.75) is 40.5 Å². The van der Waals surface area contributed by atoms with Crippen LogP contribution in [-0.4, -0.2) is 0 Å². The van der Waals surface area contributed by atoms with Crippen LogP contribution in [0.25, 0.3) is 0 Å². The first-order valence-corrected chi connectivity index (χ1v) is 4.37. The molecular weight excluding hydrogens is 132 g/mol. The summed E-state index contributed by atoms with van der Waals surface area (Å²) in [6.45, 7) is 8.56. The first kappa shape index (κ1) is 10.3. The van der Waals surface area contributed by atoms with Crippen molar-refractivity contribution in [2.24, 2.45) is 5.92 Å². The molecule has 0 radical (unpaired) electrons. The summed E-state index contributed by atoms with van der Waals surface area (Å²) in [6.07, 6.45) is 4.28. The molecule has 0 N–H and O–H groups in total. The van der Waals surface area contributed by atoms with Crippen LogP contribution in [0.3, 0.4) is 0 Å². The van der Waals surface area contributed by atoms with E-state index in [0.717, 1.165) is 12.8 Å². The highest BCUT2D eigenvalue weighted by Crippen LogP contribution is 2.06. The maximum atomic E-state index is 3.18. The van der Waals surface area contributed by atoms with Crippen LogP contribution in [0, 0.1) is 17.8 Å². The van der Waals surface area contributed by atoms with E-state index in [1.54, 1.807) is 0 Å². The van der Waals surface area contributed by atoms with Crippen LogP contribution in [0.2, 0.25) is 0 Å². The smallest absolute Gasteiger partial charge is 0.00897 e. The normalized spacial score (nSPS) is 11.2. The van der Waals surface area contributed by atoms with Gasteiger partial charge in [0.2, 0.25) is 0 Å². The molecule has 11 heavy (non-hydrogen) atoms. The van der Waals surface area contributed by atoms with E-state index in [0.29, 0.717) is 5.92 Å². The molecule has 0 atom stereocenters. The van der Waals surface area contributed by atoms with Crippen molar-refractivity contribution in [3.8, 4) is 11.8 Å². The predicted octanol–water partition coefficient (Wildman–Crippen LogP) is 3.39.